The summed E-state index contributed by atoms with van der Waals surface area (Å²) >= 11 is 0. The van der Waals surface area contributed by atoms with Gasteiger partial charge >= 0.3 is 0 Å². The van der Waals surface area contributed by atoms with Crippen LogP contribution in [0.15, 0.2) is 72.8 Å². The molecule has 0 radical (unpaired) electrons. The zero-order valence-electron chi connectivity index (χ0n) is 13.2. The number of nitrogens with one attached hydrogen (secondary N) is 1. The molecule has 3 rings (SSSR count). The number of nitrogens with two attached hydrogens (primary N) is 1. The van der Waals surface area contributed by atoms with E-state index in [4.69, 9.17) is 5.73 Å². The van der Waals surface area contributed by atoms with E-state index in [1.165, 1.54) is 18.2 Å². The minimum absolute atomic E-state index is 0.0220. The van der Waals surface area contributed by atoms with Crippen LogP contribution < -0.4 is 11.1 Å². The predicted octanol–water partition coefficient (Wildman–Crippen LogP) is 4.10. The van der Waals surface area contributed by atoms with Crippen molar-refractivity contribution in [2.45, 2.75) is 0 Å². The van der Waals surface area contributed by atoms with E-state index < -0.39 is 10.8 Å². The van der Waals surface area contributed by atoms with Crippen LogP contribution >= 0.6 is 0 Å². The maximum absolute atomic E-state index is 12.3. The van der Waals surface area contributed by atoms with Crippen molar-refractivity contribution in [2.24, 2.45) is 0 Å². The number of hydrogen-bond donors (Lipinski definition) is 2. The number of nitro benzene ring substituents is 1. The van der Waals surface area contributed by atoms with Gasteiger partial charge in [-0.1, -0.05) is 42.5 Å². The molecule has 0 aromatic heterocycles. The van der Waals surface area contributed by atoms with Crippen molar-refractivity contribution in [1.82, 2.24) is 0 Å². The number of hydrogen-bond acceptors (Lipinski definition) is 4. The lowest BCUT2D eigenvalue weighted by Crippen LogP contribution is -2.12. The molecule has 124 valence electrons. The summed E-state index contributed by atoms with van der Waals surface area (Å²) in [7, 11) is 0. The van der Waals surface area contributed by atoms with Crippen LogP contribution in [0.4, 0.5) is 17.1 Å². The first-order valence-electron chi connectivity index (χ1n) is 7.55. The molecule has 25 heavy (non-hydrogen) atoms. The van der Waals surface area contributed by atoms with E-state index in [9.17, 15) is 14.9 Å². The van der Waals surface area contributed by atoms with Crippen molar-refractivity contribution in [3.63, 3.8) is 0 Å². The quantitative estimate of drug-likeness (QED) is 0.426. The van der Waals surface area contributed by atoms with Gasteiger partial charge in [0.1, 0.15) is 5.69 Å². The van der Waals surface area contributed by atoms with Gasteiger partial charge in [-0.2, -0.15) is 0 Å². The lowest BCUT2D eigenvalue weighted by molar-refractivity contribution is -0.383. The second-order valence-electron chi connectivity index (χ2n) is 5.43. The van der Waals surface area contributed by atoms with Crippen LogP contribution in [0.5, 0.6) is 0 Å². The number of benzene rings is 3. The first kappa shape index (κ1) is 16.2. The highest BCUT2D eigenvalue weighted by atomic mass is 16.6. The van der Waals surface area contributed by atoms with E-state index >= 15 is 0 Å². The normalized spacial score (nSPS) is 10.2. The van der Waals surface area contributed by atoms with Gasteiger partial charge < -0.3 is 11.1 Å². The summed E-state index contributed by atoms with van der Waals surface area (Å²) in [6, 6.07) is 21.2. The molecule has 3 aromatic carbocycles. The molecule has 1 amide bonds. The Balaban J connectivity index is 1.77. The van der Waals surface area contributed by atoms with Gasteiger partial charge in [0.2, 0.25) is 0 Å². The molecule has 0 fully saturated rings. The van der Waals surface area contributed by atoms with Gasteiger partial charge in [-0.05, 0) is 35.4 Å². The van der Waals surface area contributed by atoms with Crippen LogP contribution in [0.3, 0.4) is 0 Å². The Morgan fingerprint density at radius 1 is 0.920 bits per heavy atom. The summed E-state index contributed by atoms with van der Waals surface area (Å²) in [5.74, 6) is -0.435. The Hall–Kier alpha value is -3.67. The standard InChI is InChI=1S/C19H15N3O3/c20-17-11-8-15(12-18(17)22(24)25)19(23)21-16-9-6-14(7-10-16)13-4-2-1-3-5-13/h1-12H,20H2,(H,21,23). The Bertz CT molecular complexity index is 922. The number of anilines is 2. The molecule has 0 aliphatic rings. The molecule has 0 bridgehead atoms. The van der Waals surface area contributed by atoms with Gasteiger partial charge in [-0.3, -0.25) is 14.9 Å². The molecule has 0 aliphatic carbocycles. The summed E-state index contributed by atoms with van der Waals surface area (Å²) in [5.41, 5.74) is 8.16. The first-order valence-corrected chi connectivity index (χ1v) is 7.55. The summed E-state index contributed by atoms with van der Waals surface area (Å²) in [6.07, 6.45) is 0. The molecule has 0 heterocycles. The van der Waals surface area contributed by atoms with Gasteiger partial charge in [0.05, 0.1) is 4.92 Å². The third-order valence-corrected chi connectivity index (χ3v) is 3.74. The van der Waals surface area contributed by atoms with E-state index in [1.807, 2.05) is 42.5 Å². The fourth-order valence-corrected chi connectivity index (χ4v) is 2.42. The van der Waals surface area contributed by atoms with Gasteiger partial charge in [0.15, 0.2) is 0 Å². The van der Waals surface area contributed by atoms with Crippen LogP contribution in [-0.2, 0) is 0 Å². The molecule has 0 aliphatic heterocycles. The molecule has 3 N–H and O–H groups in total. The topological polar surface area (TPSA) is 98.3 Å². The molecule has 0 saturated carbocycles. The van der Waals surface area contributed by atoms with Crippen LogP contribution in [0.1, 0.15) is 10.4 Å². The predicted molar refractivity (Wildman–Crippen MR) is 97.3 cm³/mol. The molecule has 0 saturated heterocycles. The number of carbonyl (C=O) groups is 1. The summed E-state index contributed by atoms with van der Waals surface area (Å²) in [6.45, 7) is 0. The second-order valence-corrected chi connectivity index (χ2v) is 5.43. The molecule has 6 nitrogen and oxygen atoms in total. The number of carbonyl (C=O) groups excluding carboxylic acids is 1. The highest BCUT2D eigenvalue weighted by Gasteiger charge is 2.15. The summed E-state index contributed by atoms with van der Waals surface area (Å²) < 4.78 is 0. The van der Waals surface area contributed by atoms with Crippen LogP contribution in [-0.4, -0.2) is 10.8 Å². The molecular formula is C19H15N3O3. The first-order chi connectivity index (χ1) is 12.0. The smallest absolute Gasteiger partial charge is 0.292 e. The highest BCUT2D eigenvalue weighted by Crippen LogP contribution is 2.24. The molecule has 0 atom stereocenters. The van der Waals surface area contributed by atoms with Gasteiger partial charge in [0, 0.05) is 17.3 Å². The van der Waals surface area contributed by atoms with Gasteiger partial charge in [-0.15, -0.1) is 0 Å². The Labute approximate surface area is 144 Å². The molecule has 0 unspecified atom stereocenters. The van der Waals surface area contributed by atoms with Crippen molar-refractivity contribution >= 4 is 23.0 Å². The third kappa shape index (κ3) is 3.64. The van der Waals surface area contributed by atoms with Gasteiger partial charge in [-0.25, -0.2) is 0 Å². The average molecular weight is 333 g/mol. The number of nitrogen functional groups attached to an aromatic ring is 1. The fraction of sp³-hybridized carbons (Fsp3) is 0. The van der Waals surface area contributed by atoms with E-state index in [0.717, 1.165) is 11.1 Å². The van der Waals surface area contributed by atoms with E-state index in [0.29, 0.717) is 5.69 Å². The van der Waals surface area contributed by atoms with E-state index in [2.05, 4.69) is 5.32 Å². The lowest BCUT2D eigenvalue weighted by atomic mass is 10.1. The largest absolute Gasteiger partial charge is 0.393 e. The Kier molecular flexibility index (Phi) is 4.43. The van der Waals surface area contributed by atoms with Crippen molar-refractivity contribution in [3.05, 3.63) is 88.5 Å². The summed E-state index contributed by atoms with van der Waals surface area (Å²) in [4.78, 5) is 22.6. The number of nitrogens with zero attached hydrogens (tertiary/aromatic N) is 1. The fourth-order valence-electron chi connectivity index (χ4n) is 2.42. The number of nitro groups is 1. The van der Waals surface area contributed by atoms with Crippen LogP contribution in [0.2, 0.25) is 0 Å². The Morgan fingerprint density at radius 3 is 2.20 bits per heavy atom. The monoisotopic (exact) mass is 333 g/mol. The average Bonchev–Trinajstić information content (AvgIpc) is 2.63. The number of rotatable bonds is 4. The minimum atomic E-state index is -0.610. The van der Waals surface area contributed by atoms with Crippen molar-refractivity contribution in [1.29, 1.82) is 0 Å². The van der Waals surface area contributed by atoms with Crippen LogP contribution in [0, 0.1) is 10.1 Å². The minimum Gasteiger partial charge on any atom is -0.393 e. The van der Waals surface area contributed by atoms with Crippen molar-refractivity contribution < 1.29 is 9.72 Å². The third-order valence-electron chi connectivity index (χ3n) is 3.74. The van der Waals surface area contributed by atoms with Crippen molar-refractivity contribution in [2.75, 3.05) is 11.1 Å². The lowest BCUT2D eigenvalue weighted by Gasteiger charge is -2.07. The number of amides is 1. The molecular weight excluding hydrogens is 318 g/mol. The zero-order valence-corrected chi connectivity index (χ0v) is 13.2. The summed E-state index contributed by atoms with van der Waals surface area (Å²) in [5, 5.41) is 13.6. The van der Waals surface area contributed by atoms with Crippen LogP contribution in [0.25, 0.3) is 11.1 Å². The Morgan fingerprint density at radius 2 is 1.56 bits per heavy atom. The zero-order chi connectivity index (χ0) is 17.8. The SMILES string of the molecule is Nc1ccc(C(=O)Nc2ccc(-c3ccccc3)cc2)cc1[N+](=O)[O-]. The maximum atomic E-state index is 12.3. The van der Waals surface area contributed by atoms with Crippen molar-refractivity contribution in [3.8, 4) is 11.1 Å². The van der Waals surface area contributed by atoms with E-state index in [1.54, 1.807) is 12.1 Å². The molecule has 0 spiro atoms. The van der Waals surface area contributed by atoms with E-state index in [-0.39, 0.29) is 16.9 Å². The molecule has 3 aromatic rings. The highest BCUT2D eigenvalue weighted by molar-refractivity contribution is 6.05. The second kappa shape index (κ2) is 6.84. The molecule has 6 heteroatoms. The van der Waals surface area contributed by atoms with Gasteiger partial charge in [0.25, 0.3) is 11.6 Å². The maximum Gasteiger partial charge on any atom is 0.292 e.